The number of benzene rings is 2. The average Bonchev–Trinajstić information content (AvgIpc) is 2.91. The van der Waals surface area contributed by atoms with Crippen molar-refractivity contribution in [2.75, 3.05) is 11.9 Å². The van der Waals surface area contributed by atoms with Crippen molar-refractivity contribution in [3.63, 3.8) is 0 Å². The highest BCUT2D eigenvalue weighted by Crippen LogP contribution is 2.16. The topological polar surface area (TPSA) is 110 Å². The number of rotatable bonds is 13. The van der Waals surface area contributed by atoms with Crippen LogP contribution in [-0.4, -0.2) is 40.7 Å². The summed E-state index contributed by atoms with van der Waals surface area (Å²) in [6.07, 6.45) is 0.632. The minimum absolute atomic E-state index is 0.0112. The van der Waals surface area contributed by atoms with Gasteiger partial charge >= 0.3 is 0 Å². The number of nitrogens with one attached hydrogen (secondary N) is 3. The van der Waals surface area contributed by atoms with E-state index in [2.05, 4.69) is 33.9 Å². The monoisotopic (exact) mass is 535 g/mol. The van der Waals surface area contributed by atoms with Gasteiger partial charge in [0.15, 0.2) is 0 Å². The van der Waals surface area contributed by atoms with Crippen LogP contribution in [0.3, 0.4) is 0 Å². The number of nitrogens with zero attached hydrogens (tertiary/aromatic N) is 2. The summed E-state index contributed by atoms with van der Waals surface area (Å²) in [5.41, 5.74) is 2.79. The zero-order valence-electron chi connectivity index (χ0n) is 22.5. The lowest BCUT2D eigenvalue weighted by Gasteiger charge is -2.25. The Morgan fingerprint density at radius 1 is 1.05 bits per heavy atom. The molecule has 1 aromatic heterocycles. The van der Waals surface area contributed by atoms with E-state index in [1.54, 1.807) is 0 Å². The third-order valence-corrected chi connectivity index (χ3v) is 6.45. The molecule has 0 aliphatic heterocycles. The summed E-state index contributed by atoms with van der Waals surface area (Å²) in [7, 11) is 0. The first kappa shape index (κ1) is 29.7. The van der Waals surface area contributed by atoms with Gasteiger partial charge in [0.05, 0.1) is 12.1 Å². The average molecular weight is 536 g/mol. The van der Waals surface area contributed by atoms with Gasteiger partial charge in [0.1, 0.15) is 29.2 Å². The third-order valence-electron chi connectivity index (χ3n) is 6.45. The van der Waals surface area contributed by atoms with E-state index in [0.717, 1.165) is 24.5 Å². The van der Waals surface area contributed by atoms with Crippen LogP contribution in [0.2, 0.25) is 0 Å². The van der Waals surface area contributed by atoms with Gasteiger partial charge in [-0.1, -0.05) is 38.1 Å². The molecule has 0 radical (unpaired) electrons. The molecule has 3 aromatic rings. The lowest BCUT2D eigenvalue weighted by Crippen LogP contribution is -2.48. The Bertz CT molecular complexity index is 1290. The number of amides is 1. The number of pyridine rings is 1. The Labute approximate surface area is 228 Å². The third kappa shape index (κ3) is 9.13. The quantitative estimate of drug-likeness (QED) is 0.257. The Balaban J connectivity index is 1.79. The molecule has 0 saturated carbocycles. The molecule has 1 heterocycles. The predicted octanol–water partition coefficient (Wildman–Crippen LogP) is 4.50. The molecule has 206 valence electrons. The number of aliphatic hydroxyl groups is 1. The smallest absolute Gasteiger partial charge is 0.251 e. The molecule has 1 amide bonds. The maximum atomic E-state index is 13.9. The maximum absolute atomic E-state index is 13.9. The van der Waals surface area contributed by atoms with E-state index in [1.807, 2.05) is 38.1 Å². The standard InChI is InChI=1S/C30H35F2N5O2/c1-4-19(3)35-29-14-23(13-26(16-33)36-29)30(39)37-27(12-22-10-24(31)15-25(32)11-22)28(38)18-34-17-21-8-6-7-20(5-2)9-21/h6-11,13-15,19,27-28,34,38H,4-5,12,17-18H2,1-3H3,(H,35,36)(H,37,39)/t19?,27-,28+/m0/s1. The van der Waals surface area contributed by atoms with Crippen LogP contribution < -0.4 is 16.0 Å². The zero-order chi connectivity index (χ0) is 28.4. The number of carbonyl (C=O) groups is 1. The molecule has 0 spiro atoms. The van der Waals surface area contributed by atoms with E-state index in [9.17, 15) is 23.9 Å². The molecule has 0 saturated heterocycles. The van der Waals surface area contributed by atoms with Crippen LogP contribution in [0.5, 0.6) is 0 Å². The number of aliphatic hydroxyl groups excluding tert-OH is 1. The molecule has 2 aromatic carbocycles. The molecule has 3 rings (SSSR count). The number of halogens is 2. The zero-order valence-corrected chi connectivity index (χ0v) is 22.5. The van der Waals surface area contributed by atoms with Gasteiger partial charge in [0.2, 0.25) is 0 Å². The summed E-state index contributed by atoms with van der Waals surface area (Å²) in [6.45, 7) is 6.65. The summed E-state index contributed by atoms with van der Waals surface area (Å²) in [5.74, 6) is -1.65. The fourth-order valence-electron chi connectivity index (χ4n) is 4.13. The largest absolute Gasteiger partial charge is 0.390 e. The molecule has 0 aliphatic rings. The second-order valence-corrected chi connectivity index (χ2v) is 9.63. The van der Waals surface area contributed by atoms with Crippen LogP contribution in [-0.2, 0) is 19.4 Å². The molecule has 4 N–H and O–H groups in total. The van der Waals surface area contributed by atoms with E-state index in [4.69, 9.17) is 0 Å². The van der Waals surface area contributed by atoms with Gasteiger partial charge in [0, 0.05) is 30.8 Å². The Hall–Kier alpha value is -3.87. The Kier molecular flexibility index (Phi) is 10.9. The van der Waals surface area contributed by atoms with E-state index >= 15 is 0 Å². The summed E-state index contributed by atoms with van der Waals surface area (Å²) >= 11 is 0. The fourth-order valence-corrected chi connectivity index (χ4v) is 4.13. The molecule has 3 atom stereocenters. The number of nitriles is 1. The SMILES string of the molecule is CCc1cccc(CNC[C@@H](O)[C@H](Cc2cc(F)cc(F)c2)NC(=O)c2cc(C#N)nc(NC(C)CC)c2)c1. The van der Waals surface area contributed by atoms with Gasteiger partial charge in [0.25, 0.3) is 5.91 Å². The highest BCUT2D eigenvalue weighted by molar-refractivity contribution is 5.95. The van der Waals surface area contributed by atoms with Crippen LogP contribution >= 0.6 is 0 Å². The first-order valence-electron chi connectivity index (χ1n) is 13.1. The number of hydrogen-bond donors (Lipinski definition) is 4. The molecular formula is C30H35F2N5O2. The second kappa shape index (κ2) is 14.3. The van der Waals surface area contributed by atoms with Crippen molar-refractivity contribution in [2.24, 2.45) is 0 Å². The van der Waals surface area contributed by atoms with Gasteiger partial charge < -0.3 is 21.1 Å². The first-order valence-corrected chi connectivity index (χ1v) is 13.1. The lowest BCUT2D eigenvalue weighted by atomic mass is 10.00. The molecule has 0 fully saturated rings. The van der Waals surface area contributed by atoms with Crippen LogP contribution in [0.4, 0.5) is 14.6 Å². The summed E-state index contributed by atoms with van der Waals surface area (Å²) in [4.78, 5) is 17.5. The van der Waals surface area contributed by atoms with Crippen LogP contribution in [0, 0.1) is 23.0 Å². The highest BCUT2D eigenvalue weighted by atomic mass is 19.1. The molecule has 0 aliphatic carbocycles. The molecular weight excluding hydrogens is 500 g/mol. The van der Waals surface area contributed by atoms with Gasteiger partial charge in [-0.25, -0.2) is 13.8 Å². The minimum Gasteiger partial charge on any atom is -0.390 e. The van der Waals surface area contributed by atoms with E-state index in [0.29, 0.717) is 17.9 Å². The number of aryl methyl sites for hydroxylation is 1. The van der Waals surface area contributed by atoms with E-state index < -0.39 is 29.7 Å². The van der Waals surface area contributed by atoms with Gasteiger partial charge in [-0.05, 0) is 67.1 Å². The van der Waals surface area contributed by atoms with E-state index in [-0.39, 0.29) is 30.3 Å². The van der Waals surface area contributed by atoms with Crippen molar-refractivity contribution >= 4 is 11.7 Å². The van der Waals surface area contributed by atoms with Crippen LogP contribution in [0.1, 0.15) is 59.9 Å². The lowest BCUT2D eigenvalue weighted by molar-refractivity contribution is 0.0829. The number of anilines is 1. The summed E-state index contributed by atoms with van der Waals surface area (Å²) < 4.78 is 27.7. The summed E-state index contributed by atoms with van der Waals surface area (Å²) in [6, 6.07) is 15.2. The molecule has 7 nitrogen and oxygen atoms in total. The van der Waals surface area contributed by atoms with Crippen LogP contribution in [0.25, 0.3) is 0 Å². The van der Waals surface area contributed by atoms with Crippen LogP contribution in [0.15, 0.2) is 54.6 Å². The first-order chi connectivity index (χ1) is 18.7. The van der Waals surface area contributed by atoms with Gasteiger partial charge in [-0.15, -0.1) is 0 Å². The Morgan fingerprint density at radius 2 is 1.77 bits per heavy atom. The van der Waals surface area contributed by atoms with Crippen molar-refractivity contribution < 1.29 is 18.7 Å². The van der Waals surface area contributed by atoms with Gasteiger partial charge in [-0.2, -0.15) is 5.26 Å². The molecule has 1 unspecified atom stereocenters. The summed E-state index contributed by atoms with van der Waals surface area (Å²) in [5, 5.41) is 29.6. The van der Waals surface area contributed by atoms with Gasteiger partial charge in [-0.3, -0.25) is 4.79 Å². The fraction of sp³-hybridized carbons (Fsp3) is 0.367. The second-order valence-electron chi connectivity index (χ2n) is 9.63. The van der Waals surface area contributed by atoms with Crippen molar-refractivity contribution in [2.45, 2.75) is 64.8 Å². The number of carbonyl (C=O) groups excluding carboxylic acids is 1. The maximum Gasteiger partial charge on any atom is 0.251 e. The van der Waals surface area contributed by atoms with Crippen molar-refractivity contribution in [3.8, 4) is 6.07 Å². The molecule has 0 bridgehead atoms. The molecule has 39 heavy (non-hydrogen) atoms. The van der Waals surface area contributed by atoms with E-state index in [1.165, 1.54) is 29.8 Å². The number of aromatic nitrogens is 1. The molecule has 9 heteroatoms. The van der Waals surface area contributed by atoms with Crippen molar-refractivity contribution in [1.82, 2.24) is 15.6 Å². The normalized spacial score (nSPS) is 13.3. The van der Waals surface area contributed by atoms with Crippen molar-refractivity contribution in [3.05, 3.63) is 94.2 Å². The predicted molar refractivity (Wildman–Crippen MR) is 147 cm³/mol. The Morgan fingerprint density at radius 3 is 2.44 bits per heavy atom. The highest BCUT2D eigenvalue weighted by Gasteiger charge is 2.24. The minimum atomic E-state index is -1.08. The number of hydrogen-bond acceptors (Lipinski definition) is 6. The van der Waals surface area contributed by atoms with Crippen molar-refractivity contribution in [1.29, 1.82) is 5.26 Å².